The lowest BCUT2D eigenvalue weighted by atomic mass is 9.75. The molecule has 7 heteroatoms. The van der Waals surface area contributed by atoms with Gasteiger partial charge in [-0.1, -0.05) is 37.5 Å². The van der Waals surface area contributed by atoms with E-state index in [1.54, 1.807) is 28.6 Å². The van der Waals surface area contributed by atoms with Crippen LogP contribution in [0.5, 0.6) is 0 Å². The maximum atomic E-state index is 12.8. The molecule has 0 bridgehead atoms. The Morgan fingerprint density at radius 1 is 0.964 bits per heavy atom. The van der Waals surface area contributed by atoms with E-state index in [1.165, 1.54) is 30.6 Å². The molecular formula is C21H32N3O3S+. The van der Waals surface area contributed by atoms with E-state index in [0.717, 1.165) is 25.4 Å². The zero-order valence-electron chi connectivity index (χ0n) is 16.6. The molecule has 0 unspecified atom stereocenters. The molecule has 1 aliphatic carbocycles. The fourth-order valence-electron chi connectivity index (χ4n) is 5.11. The van der Waals surface area contributed by atoms with Gasteiger partial charge in [0.15, 0.2) is 6.54 Å². The van der Waals surface area contributed by atoms with Crippen molar-refractivity contribution >= 4 is 15.9 Å². The van der Waals surface area contributed by atoms with E-state index in [0.29, 0.717) is 43.5 Å². The summed E-state index contributed by atoms with van der Waals surface area (Å²) < 4.78 is 27.0. The Bertz CT molecular complexity index is 775. The van der Waals surface area contributed by atoms with E-state index >= 15 is 0 Å². The molecular weight excluding hydrogens is 374 g/mol. The fourth-order valence-corrected chi connectivity index (χ4v) is 6.58. The number of carbonyl (C=O) groups is 1. The molecule has 3 aliphatic rings. The molecule has 2 aliphatic heterocycles. The van der Waals surface area contributed by atoms with Gasteiger partial charge in [0.05, 0.1) is 31.1 Å². The first kappa shape index (κ1) is 19.9. The minimum Gasteiger partial charge on any atom is -0.338 e. The summed E-state index contributed by atoms with van der Waals surface area (Å²) >= 11 is 0. The van der Waals surface area contributed by atoms with Gasteiger partial charge in [0.25, 0.3) is 5.91 Å². The molecule has 2 saturated heterocycles. The van der Waals surface area contributed by atoms with Crippen LogP contribution in [0.15, 0.2) is 35.2 Å². The zero-order valence-corrected chi connectivity index (χ0v) is 17.4. The number of rotatable bonds is 4. The maximum absolute atomic E-state index is 12.8. The van der Waals surface area contributed by atoms with Gasteiger partial charge in [0.2, 0.25) is 10.0 Å². The summed E-state index contributed by atoms with van der Waals surface area (Å²) in [4.78, 5) is 16.4. The number of nitrogens with zero attached hydrogens (tertiary/aromatic N) is 2. The number of likely N-dealkylation sites (tertiary alicyclic amines) is 1. The lowest BCUT2D eigenvalue weighted by molar-refractivity contribution is -0.896. The van der Waals surface area contributed by atoms with Crippen molar-refractivity contribution in [2.45, 2.75) is 37.0 Å². The van der Waals surface area contributed by atoms with Crippen LogP contribution in [0.1, 0.15) is 32.1 Å². The van der Waals surface area contributed by atoms with Crippen molar-refractivity contribution in [3.05, 3.63) is 30.3 Å². The third-order valence-electron chi connectivity index (χ3n) is 6.86. The Balaban J connectivity index is 1.28. The van der Waals surface area contributed by atoms with Crippen LogP contribution in [-0.4, -0.2) is 69.3 Å². The van der Waals surface area contributed by atoms with Crippen molar-refractivity contribution < 1.29 is 18.1 Å². The van der Waals surface area contributed by atoms with Crippen LogP contribution >= 0.6 is 0 Å². The van der Waals surface area contributed by atoms with Crippen LogP contribution in [0.4, 0.5) is 0 Å². The van der Waals surface area contributed by atoms with Gasteiger partial charge in [-0.2, -0.15) is 4.31 Å². The number of nitrogens with one attached hydrogen (secondary N) is 1. The first-order valence-corrected chi connectivity index (χ1v) is 12.1. The molecule has 3 fully saturated rings. The SMILES string of the molecule is O=C(C[NH+]1CCN(S(=O)(=O)c2ccccc2)CC1)N1CC[C@@H]2CCCC[C@@H]2C1. The number of fused-ring (bicyclic) bond motifs is 1. The highest BCUT2D eigenvalue weighted by Crippen LogP contribution is 2.35. The van der Waals surface area contributed by atoms with Crippen LogP contribution in [0.2, 0.25) is 0 Å². The molecule has 0 spiro atoms. The first-order chi connectivity index (χ1) is 13.5. The van der Waals surface area contributed by atoms with E-state index in [1.807, 2.05) is 6.07 Å². The second kappa shape index (κ2) is 8.51. The van der Waals surface area contributed by atoms with Gasteiger partial charge < -0.3 is 9.80 Å². The summed E-state index contributed by atoms with van der Waals surface area (Å²) in [6.45, 7) is 4.67. The number of carbonyl (C=O) groups excluding carboxylic acids is 1. The summed E-state index contributed by atoms with van der Waals surface area (Å²) in [6.07, 6.45) is 6.45. The van der Waals surface area contributed by atoms with Crippen molar-refractivity contribution in [3.63, 3.8) is 0 Å². The quantitative estimate of drug-likeness (QED) is 0.797. The molecule has 1 amide bonds. The monoisotopic (exact) mass is 406 g/mol. The Kier molecular flexibility index (Phi) is 6.04. The second-order valence-corrected chi connectivity index (χ2v) is 10.5. The van der Waals surface area contributed by atoms with Crippen LogP contribution in [0, 0.1) is 11.8 Å². The van der Waals surface area contributed by atoms with Gasteiger partial charge >= 0.3 is 0 Å². The number of hydrogen-bond acceptors (Lipinski definition) is 3. The molecule has 0 aromatic heterocycles. The van der Waals surface area contributed by atoms with Gasteiger partial charge in [0, 0.05) is 13.1 Å². The third-order valence-corrected chi connectivity index (χ3v) is 8.77. The number of benzene rings is 1. The zero-order chi connectivity index (χ0) is 19.6. The highest BCUT2D eigenvalue weighted by atomic mass is 32.2. The van der Waals surface area contributed by atoms with E-state index in [-0.39, 0.29) is 5.91 Å². The molecule has 6 nitrogen and oxygen atoms in total. The van der Waals surface area contributed by atoms with E-state index in [9.17, 15) is 13.2 Å². The summed E-state index contributed by atoms with van der Waals surface area (Å²) in [5, 5.41) is 0. The maximum Gasteiger partial charge on any atom is 0.277 e. The predicted octanol–water partition coefficient (Wildman–Crippen LogP) is 0.615. The van der Waals surface area contributed by atoms with Gasteiger partial charge in [-0.3, -0.25) is 4.79 Å². The van der Waals surface area contributed by atoms with E-state index in [4.69, 9.17) is 0 Å². The summed E-state index contributed by atoms with van der Waals surface area (Å²) in [6, 6.07) is 8.62. The average Bonchev–Trinajstić information content (AvgIpc) is 2.74. The molecule has 1 aromatic rings. The summed E-state index contributed by atoms with van der Waals surface area (Å²) in [5.41, 5.74) is 0. The normalized spacial score (nSPS) is 27.4. The third kappa shape index (κ3) is 4.26. The number of quaternary nitrogens is 1. The first-order valence-electron chi connectivity index (χ1n) is 10.7. The highest BCUT2D eigenvalue weighted by Gasteiger charge is 2.35. The van der Waals surface area contributed by atoms with Crippen molar-refractivity contribution in [2.75, 3.05) is 45.8 Å². The molecule has 2 atom stereocenters. The smallest absolute Gasteiger partial charge is 0.277 e. The predicted molar refractivity (Wildman–Crippen MR) is 107 cm³/mol. The van der Waals surface area contributed by atoms with Gasteiger partial charge in [-0.05, 0) is 36.8 Å². The van der Waals surface area contributed by atoms with Crippen molar-refractivity contribution in [3.8, 4) is 0 Å². The van der Waals surface area contributed by atoms with E-state index in [2.05, 4.69) is 4.90 Å². The minimum absolute atomic E-state index is 0.249. The number of amides is 1. The Labute approximate surface area is 168 Å². The van der Waals surface area contributed by atoms with Crippen molar-refractivity contribution in [2.24, 2.45) is 11.8 Å². The second-order valence-electron chi connectivity index (χ2n) is 8.58. The Hall–Kier alpha value is -1.44. The molecule has 2 heterocycles. The van der Waals surface area contributed by atoms with Crippen LogP contribution in [-0.2, 0) is 14.8 Å². The lowest BCUT2D eigenvalue weighted by Crippen LogP contribution is -3.15. The highest BCUT2D eigenvalue weighted by molar-refractivity contribution is 7.89. The molecule has 1 N–H and O–H groups in total. The molecule has 154 valence electrons. The number of piperazine rings is 1. The van der Waals surface area contributed by atoms with Crippen molar-refractivity contribution in [1.29, 1.82) is 0 Å². The minimum atomic E-state index is -3.42. The van der Waals surface area contributed by atoms with Crippen LogP contribution in [0.25, 0.3) is 0 Å². The van der Waals surface area contributed by atoms with Gasteiger partial charge in [0.1, 0.15) is 0 Å². The summed E-state index contributed by atoms with van der Waals surface area (Å²) in [7, 11) is -3.42. The molecule has 1 aromatic carbocycles. The Morgan fingerprint density at radius 3 is 2.36 bits per heavy atom. The standard InChI is InChI=1S/C21H31N3O3S/c25-21(23-11-10-18-6-4-5-7-19(18)16-23)17-22-12-14-24(15-13-22)28(26,27)20-8-2-1-3-9-20/h1-3,8-9,18-19H,4-7,10-17H2/p+1/t18-,19+/m0/s1. The average molecular weight is 407 g/mol. The fraction of sp³-hybridized carbons (Fsp3) is 0.667. The topological polar surface area (TPSA) is 62.1 Å². The molecule has 4 rings (SSSR count). The van der Waals surface area contributed by atoms with Gasteiger partial charge in [-0.25, -0.2) is 8.42 Å². The Morgan fingerprint density at radius 2 is 1.64 bits per heavy atom. The van der Waals surface area contributed by atoms with Crippen LogP contribution < -0.4 is 4.90 Å². The van der Waals surface area contributed by atoms with E-state index < -0.39 is 10.0 Å². The number of hydrogen-bond donors (Lipinski definition) is 1. The van der Waals surface area contributed by atoms with Crippen molar-refractivity contribution in [1.82, 2.24) is 9.21 Å². The van der Waals surface area contributed by atoms with Gasteiger partial charge in [-0.15, -0.1) is 0 Å². The summed E-state index contributed by atoms with van der Waals surface area (Å²) in [5.74, 6) is 1.78. The van der Waals surface area contributed by atoms with Crippen LogP contribution in [0.3, 0.4) is 0 Å². The molecule has 28 heavy (non-hydrogen) atoms. The molecule has 0 radical (unpaired) electrons. The lowest BCUT2D eigenvalue weighted by Gasteiger charge is -2.41. The molecule has 1 saturated carbocycles. The number of piperidine rings is 1. The largest absolute Gasteiger partial charge is 0.338 e. The number of sulfonamides is 1.